The normalized spacial score (nSPS) is 13.0. The maximum absolute atomic E-state index is 9.52. The summed E-state index contributed by atoms with van der Waals surface area (Å²) >= 11 is 14.2. The molecular weight excluding hydrogens is 473 g/mol. The number of halogens is 2. The van der Waals surface area contributed by atoms with Crippen molar-refractivity contribution in [2.75, 3.05) is 19.8 Å². The summed E-state index contributed by atoms with van der Waals surface area (Å²) in [6.45, 7) is 6.60. The number of rotatable bonds is 10. The van der Waals surface area contributed by atoms with E-state index < -0.39 is 12.1 Å². The number of aromatic nitrogens is 2. The van der Waals surface area contributed by atoms with Crippen LogP contribution in [0.4, 0.5) is 0 Å². The van der Waals surface area contributed by atoms with E-state index in [1.807, 2.05) is 32.0 Å². The van der Waals surface area contributed by atoms with Crippen molar-refractivity contribution in [2.24, 2.45) is 5.73 Å². The lowest BCUT2D eigenvalue weighted by molar-refractivity contribution is 0.131. The van der Waals surface area contributed by atoms with Gasteiger partial charge in [-0.2, -0.15) is 0 Å². The molecule has 2 atom stereocenters. The molecule has 0 aliphatic carbocycles. The van der Waals surface area contributed by atoms with Crippen LogP contribution in [0.5, 0.6) is 17.2 Å². The van der Waals surface area contributed by atoms with E-state index in [9.17, 15) is 5.11 Å². The highest BCUT2D eigenvalue weighted by atomic mass is 35.5. The SMILES string of the molecule is CCOc1ccc(-c2nnc(-c3cc(Cl)c(OC[C@H](N)[C@@H](C)O)c(Cl)c3)s2)cc1OCC. The Hall–Kier alpha value is -2.10. The van der Waals surface area contributed by atoms with E-state index in [2.05, 4.69) is 10.2 Å². The van der Waals surface area contributed by atoms with Gasteiger partial charge in [-0.15, -0.1) is 10.2 Å². The third kappa shape index (κ3) is 5.82. The molecule has 0 unspecified atom stereocenters. The number of nitrogens with zero attached hydrogens (tertiary/aromatic N) is 2. The summed E-state index contributed by atoms with van der Waals surface area (Å²) in [5, 5.41) is 20.1. The highest BCUT2D eigenvalue weighted by molar-refractivity contribution is 7.17. The largest absolute Gasteiger partial charge is 0.490 e. The summed E-state index contributed by atoms with van der Waals surface area (Å²) in [5.41, 5.74) is 7.38. The topological polar surface area (TPSA) is 99.7 Å². The second-order valence-corrected chi connectivity index (χ2v) is 8.72. The standard InChI is InChI=1S/C22H25Cl2N3O4S/c1-4-29-18-7-6-13(10-19(18)30-5-2)21-26-27-22(32-21)14-8-15(23)20(16(24)9-14)31-11-17(25)12(3)28/h6-10,12,17,28H,4-5,11,25H2,1-3H3/t12-,17+/m1/s1. The van der Waals surface area contributed by atoms with Gasteiger partial charge in [-0.25, -0.2) is 0 Å². The Bertz CT molecular complexity index is 1040. The lowest BCUT2D eigenvalue weighted by atomic mass is 10.2. The molecular formula is C22H25Cl2N3O4S. The highest BCUT2D eigenvalue weighted by Gasteiger charge is 2.17. The van der Waals surface area contributed by atoms with E-state index >= 15 is 0 Å². The smallest absolute Gasteiger partial charge is 0.161 e. The fourth-order valence-corrected chi connectivity index (χ4v) is 4.20. The maximum Gasteiger partial charge on any atom is 0.161 e. The zero-order chi connectivity index (χ0) is 23.3. The lowest BCUT2D eigenvalue weighted by Gasteiger charge is -2.17. The van der Waals surface area contributed by atoms with E-state index in [1.165, 1.54) is 11.3 Å². The maximum atomic E-state index is 9.52. The molecule has 0 aliphatic rings. The summed E-state index contributed by atoms with van der Waals surface area (Å²) in [7, 11) is 0. The zero-order valence-electron chi connectivity index (χ0n) is 18.0. The molecule has 3 aromatic rings. The molecule has 0 amide bonds. The minimum absolute atomic E-state index is 0.0827. The van der Waals surface area contributed by atoms with Crippen molar-refractivity contribution >= 4 is 34.5 Å². The molecule has 172 valence electrons. The zero-order valence-corrected chi connectivity index (χ0v) is 20.3. The average Bonchev–Trinajstić information content (AvgIpc) is 3.24. The summed E-state index contributed by atoms with van der Waals surface area (Å²) in [6, 6.07) is 8.54. The quantitative estimate of drug-likeness (QED) is 0.403. The van der Waals surface area contributed by atoms with Gasteiger partial charge in [-0.3, -0.25) is 0 Å². The van der Waals surface area contributed by atoms with E-state index in [4.69, 9.17) is 43.1 Å². The first-order valence-corrected chi connectivity index (χ1v) is 11.7. The number of nitrogens with two attached hydrogens (primary N) is 1. The molecule has 1 heterocycles. The van der Waals surface area contributed by atoms with Crippen molar-refractivity contribution < 1.29 is 19.3 Å². The van der Waals surface area contributed by atoms with Gasteiger partial charge < -0.3 is 25.1 Å². The highest BCUT2D eigenvalue weighted by Crippen LogP contribution is 2.40. The third-order valence-electron chi connectivity index (χ3n) is 4.50. The van der Waals surface area contributed by atoms with Crippen LogP contribution in [-0.4, -0.2) is 47.3 Å². The molecule has 0 spiro atoms. The van der Waals surface area contributed by atoms with Gasteiger partial charge in [0.2, 0.25) is 0 Å². The van der Waals surface area contributed by atoms with Crippen LogP contribution in [0.15, 0.2) is 30.3 Å². The Labute approximate surface area is 201 Å². The van der Waals surface area contributed by atoms with Gasteiger partial charge in [0.1, 0.15) is 16.6 Å². The first-order valence-electron chi connectivity index (χ1n) is 10.1. The molecule has 0 saturated carbocycles. The fourth-order valence-electron chi connectivity index (χ4n) is 2.78. The van der Waals surface area contributed by atoms with Crippen molar-refractivity contribution in [1.82, 2.24) is 10.2 Å². The van der Waals surface area contributed by atoms with Gasteiger partial charge >= 0.3 is 0 Å². The van der Waals surface area contributed by atoms with Crippen molar-refractivity contribution in [2.45, 2.75) is 32.9 Å². The summed E-state index contributed by atoms with van der Waals surface area (Å²) in [5.74, 6) is 1.66. The number of aliphatic hydroxyl groups is 1. The summed E-state index contributed by atoms with van der Waals surface area (Å²) in [4.78, 5) is 0. The minimum atomic E-state index is -0.711. The van der Waals surface area contributed by atoms with E-state index in [-0.39, 0.29) is 6.61 Å². The lowest BCUT2D eigenvalue weighted by Crippen LogP contribution is -2.38. The molecule has 7 nitrogen and oxygen atoms in total. The fraction of sp³-hybridized carbons (Fsp3) is 0.364. The summed E-state index contributed by atoms with van der Waals surface area (Å²) in [6.07, 6.45) is -0.711. The molecule has 2 aromatic carbocycles. The number of hydrogen-bond acceptors (Lipinski definition) is 8. The third-order valence-corrected chi connectivity index (χ3v) is 6.08. The Morgan fingerprint density at radius 3 is 2.12 bits per heavy atom. The van der Waals surface area contributed by atoms with Crippen molar-refractivity contribution in [3.05, 3.63) is 40.4 Å². The molecule has 3 rings (SSSR count). The number of hydrogen-bond donors (Lipinski definition) is 2. The molecule has 1 aromatic heterocycles. The van der Waals surface area contributed by atoms with Gasteiger partial charge in [0.25, 0.3) is 0 Å². The van der Waals surface area contributed by atoms with Crippen LogP contribution in [0.2, 0.25) is 10.0 Å². The van der Waals surface area contributed by atoms with Crippen LogP contribution < -0.4 is 19.9 Å². The van der Waals surface area contributed by atoms with E-state index in [0.29, 0.717) is 51.1 Å². The van der Waals surface area contributed by atoms with Crippen LogP contribution in [0.1, 0.15) is 20.8 Å². The van der Waals surface area contributed by atoms with Gasteiger partial charge in [0, 0.05) is 11.1 Å². The van der Waals surface area contributed by atoms with Crippen LogP contribution in [-0.2, 0) is 0 Å². The van der Waals surface area contributed by atoms with E-state index in [0.717, 1.165) is 10.6 Å². The molecule has 0 saturated heterocycles. The minimum Gasteiger partial charge on any atom is -0.490 e. The number of aliphatic hydroxyl groups excluding tert-OH is 1. The average molecular weight is 498 g/mol. The predicted molar refractivity (Wildman–Crippen MR) is 128 cm³/mol. The Kier molecular flexibility index (Phi) is 8.56. The van der Waals surface area contributed by atoms with Gasteiger partial charge in [0.15, 0.2) is 17.2 Å². The first-order chi connectivity index (χ1) is 15.3. The number of ether oxygens (including phenoxy) is 3. The molecule has 3 N–H and O–H groups in total. The molecule has 0 bridgehead atoms. The van der Waals surface area contributed by atoms with Gasteiger partial charge in [0.05, 0.1) is 35.4 Å². The molecule has 0 fully saturated rings. The van der Waals surface area contributed by atoms with Crippen molar-refractivity contribution in [1.29, 1.82) is 0 Å². The van der Waals surface area contributed by atoms with E-state index in [1.54, 1.807) is 19.1 Å². The molecule has 10 heteroatoms. The molecule has 0 aliphatic heterocycles. The van der Waals surface area contributed by atoms with Gasteiger partial charge in [-0.1, -0.05) is 34.5 Å². The van der Waals surface area contributed by atoms with Crippen LogP contribution in [0.25, 0.3) is 21.1 Å². The Morgan fingerprint density at radius 1 is 0.938 bits per heavy atom. The monoisotopic (exact) mass is 497 g/mol. The van der Waals surface area contributed by atoms with Crippen molar-refractivity contribution in [3.63, 3.8) is 0 Å². The summed E-state index contributed by atoms with van der Waals surface area (Å²) < 4.78 is 16.9. The Balaban J connectivity index is 1.84. The second kappa shape index (κ2) is 11.2. The van der Waals surface area contributed by atoms with Crippen molar-refractivity contribution in [3.8, 4) is 38.4 Å². The molecule has 0 radical (unpaired) electrons. The predicted octanol–water partition coefficient (Wildman–Crippen LogP) is 5.06. The van der Waals surface area contributed by atoms with Gasteiger partial charge in [-0.05, 0) is 51.1 Å². The van der Waals surface area contributed by atoms with Crippen LogP contribution in [0.3, 0.4) is 0 Å². The van der Waals surface area contributed by atoms with Crippen LogP contribution in [0, 0.1) is 0 Å². The second-order valence-electron chi connectivity index (χ2n) is 6.92. The number of benzene rings is 2. The van der Waals surface area contributed by atoms with Crippen LogP contribution >= 0.6 is 34.5 Å². The molecule has 32 heavy (non-hydrogen) atoms. The Morgan fingerprint density at radius 2 is 1.53 bits per heavy atom. The first kappa shape index (κ1) is 24.5.